The van der Waals surface area contributed by atoms with Crippen molar-refractivity contribution in [1.29, 1.82) is 5.41 Å². The highest BCUT2D eigenvalue weighted by atomic mass is 16.3. The van der Waals surface area contributed by atoms with Gasteiger partial charge in [0.1, 0.15) is 23.2 Å². The van der Waals surface area contributed by atoms with Gasteiger partial charge in [-0.25, -0.2) is 4.98 Å². The molecule has 4 rings (SSSR count). The second-order valence-electron chi connectivity index (χ2n) is 8.74. The van der Waals surface area contributed by atoms with Crippen LogP contribution in [0.4, 0.5) is 0 Å². The minimum Gasteiger partial charge on any atom is -0.507 e. The zero-order valence-corrected chi connectivity index (χ0v) is 19.0. The van der Waals surface area contributed by atoms with E-state index in [1.165, 1.54) is 24.3 Å². The number of carbonyl (C=O) groups excluding carboxylic acids is 2. The molecule has 0 fully saturated rings. The maximum absolute atomic E-state index is 12.2. The summed E-state index contributed by atoms with van der Waals surface area (Å²) < 4.78 is 0. The summed E-state index contributed by atoms with van der Waals surface area (Å²) in [5, 5.41) is 29.5. The first-order chi connectivity index (χ1) is 16.4. The highest BCUT2D eigenvalue weighted by Crippen LogP contribution is 2.44. The molecule has 4 aromatic rings. The molecule has 0 saturated carbocycles. The Labute approximate surface area is 199 Å². The zero-order valence-electron chi connectivity index (χ0n) is 19.0. The lowest BCUT2D eigenvalue weighted by Gasteiger charge is -2.24. The average molecular weight is 473 g/mol. The number of amides is 2. The number of fused-ring (bicyclic) bond motifs is 1. The third-order valence-corrected chi connectivity index (χ3v) is 6.07. The molecule has 10 N–H and O–H groups in total. The Bertz CT molecular complexity index is 1540. The predicted octanol–water partition coefficient (Wildman–Crippen LogP) is 2.45. The van der Waals surface area contributed by atoms with Gasteiger partial charge in [0.25, 0.3) is 0 Å². The van der Waals surface area contributed by atoms with Gasteiger partial charge in [-0.1, -0.05) is 0 Å². The molecule has 35 heavy (non-hydrogen) atoms. The fraction of sp³-hybridized carbons (Fsp3) is 0.120. The Hall–Kier alpha value is -4.86. The number of phenols is 2. The van der Waals surface area contributed by atoms with Crippen LogP contribution in [0.2, 0.25) is 0 Å². The van der Waals surface area contributed by atoms with Crippen molar-refractivity contribution in [3.8, 4) is 34.0 Å². The number of aromatic hydroxyl groups is 2. The quantitative estimate of drug-likeness (QED) is 0.166. The number of phenolic OH excluding ortho intramolecular Hbond substituents is 2. The summed E-state index contributed by atoms with van der Waals surface area (Å²) in [4.78, 5) is 31.6. The van der Waals surface area contributed by atoms with Crippen LogP contribution in [0.15, 0.2) is 48.5 Å². The van der Waals surface area contributed by atoms with Gasteiger partial charge in [-0.15, -0.1) is 0 Å². The fourth-order valence-electron chi connectivity index (χ4n) is 3.73. The van der Waals surface area contributed by atoms with Crippen molar-refractivity contribution < 1.29 is 19.8 Å². The van der Waals surface area contributed by atoms with Crippen molar-refractivity contribution in [1.82, 2.24) is 9.97 Å². The second kappa shape index (κ2) is 8.17. The van der Waals surface area contributed by atoms with E-state index in [0.29, 0.717) is 22.2 Å². The SMILES string of the molecule is CC(C)(C(N)=O)c1cc(-c2nc3ccc(C(=N)N)cc3[nH]2)c(O)c(-c2cc(C(N)=O)ccc2O)c1. The zero-order chi connectivity index (χ0) is 25.7. The van der Waals surface area contributed by atoms with Gasteiger partial charge in [0.2, 0.25) is 11.8 Å². The van der Waals surface area contributed by atoms with Crippen LogP contribution >= 0.6 is 0 Å². The number of aromatic nitrogens is 2. The summed E-state index contributed by atoms with van der Waals surface area (Å²) in [6, 6.07) is 12.1. The molecule has 0 bridgehead atoms. The van der Waals surface area contributed by atoms with Gasteiger partial charge in [-0.3, -0.25) is 15.0 Å². The van der Waals surface area contributed by atoms with E-state index in [0.717, 1.165) is 0 Å². The van der Waals surface area contributed by atoms with E-state index in [4.69, 9.17) is 22.6 Å². The Morgan fingerprint density at radius 3 is 2.20 bits per heavy atom. The first-order valence-corrected chi connectivity index (χ1v) is 10.5. The Kier molecular flexibility index (Phi) is 5.44. The lowest BCUT2D eigenvalue weighted by atomic mass is 9.81. The number of rotatable bonds is 6. The Balaban J connectivity index is 2.02. The van der Waals surface area contributed by atoms with Gasteiger partial charge in [-0.2, -0.15) is 0 Å². The molecule has 0 radical (unpaired) electrons. The molecule has 0 spiro atoms. The third-order valence-electron chi connectivity index (χ3n) is 6.07. The van der Waals surface area contributed by atoms with E-state index in [9.17, 15) is 19.8 Å². The van der Waals surface area contributed by atoms with Crippen molar-refractivity contribution in [3.05, 3.63) is 65.2 Å². The number of benzene rings is 3. The smallest absolute Gasteiger partial charge is 0.248 e. The number of primary amides is 2. The molecule has 178 valence electrons. The molecular formula is C25H24N6O4. The molecule has 1 heterocycles. The standard InChI is InChI=1S/C25H24N6O4/c1-25(2,24(29)35)13-9-15(14-7-12(22(28)34)4-6-19(14)32)20(33)16(10-13)23-30-17-5-3-11(21(26)27)8-18(17)31-23/h3-10,32-33H,1-2H3,(H3,26,27)(H2,28,34)(H2,29,35)(H,30,31). The van der Waals surface area contributed by atoms with Crippen LogP contribution in [0.25, 0.3) is 33.5 Å². The van der Waals surface area contributed by atoms with Gasteiger partial charge in [-0.05, 0) is 67.9 Å². The van der Waals surface area contributed by atoms with Crippen LogP contribution in [-0.4, -0.2) is 37.8 Å². The molecule has 3 aromatic carbocycles. The number of carbonyl (C=O) groups is 2. The van der Waals surface area contributed by atoms with E-state index in [1.807, 2.05) is 0 Å². The summed E-state index contributed by atoms with van der Waals surface area (Å²) in [5.41, 5.74) is 18.2. The van der Waals surface area contributed by atoms with Gasteiger partial charge in [0, 0.05) is 22.3 Å². The van der Waals surface area contributed by atoms with Crippen LogP contribution in [0.1, 0.15) is 35.3 Å². The Morgan fingerprint density at radius 2 is 1.57 bits per heavy atom. The van der Waals surface area contributed by atoms with Crippen molar-refractivity contribution in [2.24, 2.45) is 17.2 Å². The minimum absolute atomic E-state index is 0.108. The fourth-order valence-corrected chi connectivity index (χ4v) is 3.73. The van der Waals surface area contributed by atoms with Crippen molar-refractivity contribution in [2.75, 3.05) is 0 Å². The highest BCUT2D eigenvalue weighted by Gasteiger charge is 2.30. The summed E-state index contributed by atoms with van der Waals surface area (Å²) in [7, 11) is 0. The molecule has 0 aliphatic heterocycles. The number of amidine groups is 1. The van der Waals surface area contributed by atoms with Crippen LogP contribution in [0.3, 0.4) is 0 Å². The maximum Gasteiger partial charge on any atom is 0.248 e. The van der Waals surface area contributed by atoms with Crippen molar-refractivity contribution in [2.45, 2.75) is 19.3 Å². The van der Waals surface area contributed by atoms with Crippen LogP contribution < -0.4 is 17.2 Å². The molecular weight excluding hydrogens is 448 g/mol. The van der Waals surface area contributed by atoms with Crippen LogP contribution in [0.5, 0.6) is 11.5 Å². The number of H-pyrrole nitrogens is 1. The number of aromatic amines is 1. The average Bonchev–Trinajstić information content (AvgIpc) is 3.22. The summed E-state index contributed by atoms with van der Waals surface area (Å²) in [6.07, 6.45) is 0. The molecule has 1 aromatic heterocycles. The number of nitrogen functional groups attached to an aromatic ring is 1. The van der Waals surface area contributed by atoms with E-state index in [-0.39, 0.29) is 45.4 Å². The van der Waals surface area contributed by atoms with Gasteiger partial charge < -0.3 is 32.4 Å². The molecule has 2 amide bonds. The maximum atomic E-state index is 12.2. The Morgan fingerprint density at radius 1 is 0.914 bits per heavy atom. The molecule has 0 aliphatic rings. The number of hydrogen-bond donors (Lipinski definition) is 7. The number of imidazole rings is 1. The van der Waals surface area contributed by atoms with Gasteiger partial charge in [0.15, 0.2) is 0 Å². The first kappa shape index (κ1) is 23.3. The molecule has 0 saturated heterocycles. The summed E-state index contributed by atoms with van der Waals surface area (Å²) >= 11 is 0. The summed E-state index contributed by atoms with van der Waals surface area (Å²) in [6.45, 7) is 3.26. The normalized spacial score (nSPS) is 11.5. The largest absolute Gasteiger partial charge is 0.507 e. The minimum atomic E-state index is -1.15. The van der Waals surface area contributed by atoms with Gasteiger partial charge >= 0.3 is 0 Å². The highest BCUT2D eigenvalue weighted by molar-refractivity contribution is 5.99. The summed E-state index contributed by atoms with van der Waals surface area (Å²) in [5.74, 6) is -1.61. The van der Waals surface area contributed by atoms with Crippen molar-refractivity contribution in [3.63, 3.8) is 0 Å². The van der Waals surface area contributed by atoms with Crippen molar-refractivity contribution >= 4 is 28.7 Å². The van der Waals surface area contributed by atoms with Crippen LogP contribution in [0, 0.1) is 5.41 Å². The lowest BCUT2D eigenvalue weighted by Crippen LogP contribution is -2.35. The third kappa shape index (κ3) is 4.01. The van der Waals surface area contributed by atoms with E-state index in [2.05, 4.69) is 9.97 Å². The van der Waals surface area contributed by atoms with E-state index < -0.39 is 17.2 Å². The number of nitrogens with one attached hydrogen (secondary N) is 2. The molecule has 10 nitrogen and oxygen atoms in total. The monoisotopic (exact) mass is 472 g/mol. The van der Waals surface area contributed by atoms with E-state index in [1.54, 1.807) is 38.1 Å². The lowest BCUT2D eigenvalue weighted by molar-refractivity contribution is -0.122. The number of nitrogens with two attached hydrogens (primary N) is 3. The first-order valence-electron chi connectivity index (χ1n) is 10.5. The van der Waals surface area contributed by atoms with E-state index >= 15 is 0 Å². The topological polar surface area (TPSA) is 205 Å². The predicted molar refractivity (Wildman–Crippen MR) is 132 cm³/mol. The number of hydrogen-bond acceptors (Lipinski definition) is 6. The molecule has 10 heteroatoms. The number of nitrogens with zero attached hydrogens (tertiary/aromatic N) is 1. The van der Waals surface area contributed by atoms with Gasteiger partial charge in [0.05, 0.1) is 22.0 Å². The molecule has 0 unspecified atom stereocenters. The second-order valence-corrected chi connectivity index (χ2v) is 8.74. The molecule has 0 atom stereocenters. The van der Waals surface area contributed by atoms with Crippen LogP contribution in [-0.2, 0) is 10.2 Å². The molecule has 0 aliphatic carbocycles.